The van der Waals surface area contributed by atoms with Crippen LogP contribution in [0.2, 0.25) is 0 Å². The number of amides is 1. The second-order valence-electron chi connectivity index (χ2n) is 8.58. The lowest BCUT2D eigenvalue weighted by molar-refractivity contribution is 0.152. The summed E-state index contributed by atoms with van der Waals surface area (Å²) in [6.45, 7) is 1.12. The molecule has 3 aliphatic rings. The molecule has 9 heteroatoms. The third-order valence-electron chi connectivity index (χ3n) is 6.47. The summed E-state index contributed by atoms with van der Waals surface area (Å²) in [6, 6.07) is 3.27. The van der Waals surface area contributed by atoms with Crippen LogP contribution in [-0.2, 0) is 0 Å². The van der Waals surface area contributed by atoms with Gasteiger partial charge in [0.1, 0.15) is 5.82 Å². The van der Waals surface area contributed by atoms with Crippen molar-refractivity contribution in [2.24, 2.45) is 11.8 Å². The highest BCUT2D eigenvalue weighted by Crippen LogP contribution is 2.45. The Labute approximate surface area is 171 Å². The number of nitrogens with one attached hydrogen (secondary N) is 1. The van der Waals surface area contributed by atoms with E-state index in [1.54, 1.807) is 6.07 Å². The van der Waals surface area contributed by atoms with Crippen molar-refractivity contribution in [2.75, 3.05) is 18.4 Å². The fourth-order valence-corrected chi connectivity index (χ4v) is 4.87. The van der Waals surface area contributed by atoms with Gasteiger partial charge in [-0.1, -0.05) is 0 Å². The molecule has 6 nitrogen and oxygen atoms in total. The lowest BCUT2D eigenvalue weighted by Crippen LogP contribution is -2.29. The van der Waals surface area contributed by atoms with Crippen LogP contribution in [0.4, 0.5) is 23.8 Å². The van der Waals surface area contributed by atoms with Gasteiger partial charge in [-0.3, -0.25) is 0 Å². The number of halogens is 3. The number of hydrogen-bond donors (Lipinski definition) is 2. The maximum atomic E-state index is 14.2. The van der Waals surface area contributed by atoms with Crippen LogP contribution < -0.4 is 5.32 Å². The normalized spacial score (nSPS) is 25.4. The van der Waals surface area contributed by atoms with Gasteiger partial charge in [0.2, 0.25) is 0 Å². The summed E-state index contributed by atoms with van der Waals surface area (Å²) in [5.41, 5.74) is 0.754. The smallest absolute Gasteiger partial charge is 0.407 e. The van der Waals surface area contributed by atoms with Crippen molar-refractivity contribution < 1.29 is 23.1 Å². The molecule has 1 aliphatic heterocycles. The quantitative estimate of drug-likeness (QED) is 0.727. The molecule has 2 aromatic rings. The van der Waals surface area contributed by atoms with E-state index in [2.05, 4.69) is 15.5 Å². The molecule has 1 aromatic heterocycles. The van der Waals surface area contributed by atoms with E-state index in [1.807, 2.05) is 0 Å². The first-order valence-corrected chi connectivity index (χ1v) is 10.2. The number of likely N-dealkylation sites (tertiary alicyclic amines) is 1. The number of nitrogens with zero attached hydrogens (tertiary/aromatic N) is 3. The van der Waals surface area contributed by atoms with Crippen LogP contribution in [-0.4, -0.2) is 45.4 Å². The molecule has 3 atom stereocenters. The van der Waals surface area contributed by atoms with E-state index in [0.717, 1.165) is 37.3 Å². The fraction of sp³-hybridized carbons (Fsp3) is 0.476. The lowest BCUT2D eigenvalue weighted by Gasteiger charge is -2.19. The summed E-state index contributed by atoms with van der Waals surface area (Å²) in [7, 11) is 0. The van der Waals surface area contributed by atoms with E-state index < -0.39 is 23.5 Å². The Morgan fingerprint density at radius 3 is 2.40 bits per heavy atom. The molecule has 158 valence electrons. The number of rotatable bonds is 4. The second kappa shape index (κ2) is 7.14. The van der Waals surface area contributed by atoms with Gasteiger partial charge in [-0.05, 0) is 55.6 Å². The number of carboxylic acid groups (broad SMARTS) is 1. The number of hydrogen-bond acceptors (Lipinski definition) is 4. The van der Waals surface area contributed by atoms with Crippen molar-refractivity contribution in [3.63, 3.8) is 0 Å². The summed E-state index contributed by atoms with van der Waals surface area (Å²) in [6.07, 6.45) is 2.79. The van der Waals surface area contributed by atoms with E-state index in [9.17, 15) is 18.0 Å². The average molecular weight is 418 g/mol. The summed E-state index contributed by atoms with van der Waals surface area (Å²) in [4.78, 5) is 12.6. The zero-order valence-electron chi connectivity index (χ0n) is 16.1. The van der Waals surface area contributed by atoms with Crippen LogP contribution in [0.1, 0.15) is 37.2 Å². The minimum Gasteiger partial charge on any atom is -0.465 e. The molecule has 0 radical (unpaired) electrons. The molecule has 0 bridgehead atoms. The number of aromatic nitrogens is 2. The van der Waals surface area contributed by atoms with Gasteiger partial charge in [0.25, 0.3) is 0 Å². The Kier molecular flexibility index (Phi) is 4.56. The molecule has 3 fully saturated rings. The van der Waals surface area contributed by atoms with Crippen LogP contribution >= 0.6 is 0 Å². The molecule has 2 aliphatic carbocycles. The number of fused-ring (bicyclic) bond motifs is 1. The molecule has 2 heterocycles. The van der Waals surface area contributed by atoms with Crippen LogP contribution in [0.3, 0.4) is 0 Å². The van der Waals surface area contributed by atoms with Gasteiger partial charge in [0, 0.05) is 36.3 Å². The highest BCUT2D eigenvalue weighted by atomic mass is 19.2. The minimum atomic E-state index is -1.25. The summed E-state index contributed by atoms with van der Waals surface area (Å²) in [5, 5.41) is 20.9. The monoisotopic (exact) mass is 418 g/mol. The molecule has 0 unspecified atom stereocenters. The Bertz CT molecular complexity index is 1000. The Hall–Kier alpha value is -2.84. The second-order valence-corrected chi connectivity index (χ2v) is 8.58. The molecule has 5 rings (SSSR count). The van der Waals surface area contributed by atoms with Crippen LogP contribution in [0.25, 0.3) is 11.3 Å². The lowest BCUT2D eigenvalue weighted by atomic mass is 10.0. The maximum Gasteiger partial charge on any atom is 0.407 e. The van der Waals surface area contributed by atoms with Crippen LogP contribution in [0.5, 0.6) is 0 Å². The highest BCUT2D eigenvalue weighted by molar-refractivity contribution is 5.66. The summed E-state index contributed by atoms with van der Waals surface area (Å²) in [5.74, 6) is -1.70. The van der Waals surface area contributed by atoms with E-state index in [1.165, 1.54) is 4.90 Å². The third kappa shape index (κ3) is 3.46. The van der Waals surface area contributed by atoms with Crippen molar-refractivity contribution in [2.45, 2.75) is 37.6 Å². The molecule has 2 saturated carbocycles. The fourth-order valence-electron chi connectivity index (χ4n) is 4.87. The van der Waals surface area contributed by atoms with Gasteiger partial charge in [0.15, 0.2) is 17.5 Å². The average Bonchev–Trinajstić information content (AvgIpc) is 3.36. The van der Waals surface area contributed by atoms with Crippen molar-refractivity contribution in [1.29, 1.82) is 0 Å². The predicted molar refractivity (Wildman–Crippen MR) is 103 cm³/mol. The van der Waals surface area contributed by atoms with Crippen molar-refractivity contribution in [1.82, 2.24) is 15.1 Å². The number of anilines is 1. The zero-order chi connectivity index (χ0) is 21.0. The maximum absolute atomic E-state index is 14.2. The van der Waals surface area contributed by atoms with E-state index in [-0.39, 0.29) is 23.2 Å². The zero-order valence-corrected chi connectivity index (χ0v) is 16.1. The molecule has 2 N–H and O–H groups in total. The summed E-state index contributed by atoms with van der Waals surface area (Å²) >= 11 is 0. The van der Waals surface area contributed by atoms with E-state index in [4.69, 9.17) is 5.11 Å². The first-order valence-electron chi connectivity index (χ1n) is 10.2. The standard InChI is InChI=1S/C21H21F3N4O2/c22-13-5-16(19(24)17(23)6-13)18-7-15(10-1-2-10)20(27-26-18)25-14-3-11-8-28(21(29)30)9-12(11)4-14/h5-7,10-12,14H,1-4,8-9H2,(H,25,27)(H,29,30)/t11-,12+,14-. The van der Waals surface area contributed by atoms with Gasteiger partial charge in [0.05, 0.1) is 5.69 Å². The van der Waals surface area contributed by atoms with Gasteiger partial charge in [-0.25, -0.2) is 18.0 Å². The van der Waals surface area contributed by atoms with Crippen LogP contribution in [0.15, 0.2) is 18.2 Å². The largest absolute Gasteiger partial charge is 0.465 e. The molecule has 1 amide bonds. The van der Waals surface area contributed by atoms with Crippen LogP contribution in [0, 0.1) is 29.3 Å². The van der Waals surface area contributed by atoms with Gasteiger partial charge in [-0.15, -0.1) is 10.2 Å². The predicted octanol–water partition coefficient (Wildman–Crippen LogP) is 4.24. The molecule has 0 spiro atoms. The number of carbonyl (C=O) groups is 1. The van der Waals surface area contributed by atoms with E-state index in [0.29, 0.717) is 36.8 Å². The molecule has 30 heavy (non-hydrogen) atoms. The van der Waals surface area contributed by atoms with Gasteiger partial charge < -0.3 is 15.3 Å². The SMILES string of the molecule is O=C(O)N1C[C@H]2C[C@@H](Nc3nnc(-c4cc(F)cc(F)c4F)cc3C3CC3)C[C@H]2C1. The first kappa shape index (κ1) is 19.1. The summed E-state index contributed by atoms with van der Waals surface area (Å²) < 4.78 is 41.4. The highest BCUT2D eigenvalue weighted by Gasteiger charge is 2.43. The molecule has 1 saturated heterocycles. The van der Waals surface area contributed by atoms with Gasteiger partial charge in [-0.2, -0.15) is 0 Å². The molecular weight excluding hydrogens is 397 g/mol. The minimum absolute atomic E-state index is 0.110. The van der Waals surface area contributed by atoms with Crippen molar-refractivity contribution in [3.05, 3.63) is 41.2 Å². The molecule has 1 aromatic carbocycles. The van der Waals surface area contributed by atoms with E-state index >= 15 is 0 Å². The Morgan fingerprint density at radius 1 is 1.07 bits per heavy atom. The van der Waals surface area contributed by atoms with Gasteiger partial charge >= 0.3 is 6.09 Å². The third-order valence-corrected chi connectivity index (χ3v) is 6.47. The number of benzene rings is 1. The Morgan fingerprint density at radius 2 is 1.77 bits per heavy atom. The topological polar surface area (TPSA) is 78.4 Å². The Balaban J connectivity index is 1.37. The first-order chi connectivity index (χ1) is 14.4. The van der Waals surface area contributed by atoms with Crippen molar-refractivity contribution in [3.8, 4) is 11.3 Å². The van der Waals surface area contributed by atoms with Crippen molar-refractivity contribution >= 4 is 11.9 Å². The molecular formula is C21H21F3N4O2.